The summed E-state index contributed by atoms with van der Waals surface area (Å²) in [7, 11) is 1.74. The largest absolute Gasteiger partial charge is 0.466 e. The van der Waals surface area contributed by atoms with Gasteiger partial charge < -0.3 is 19.4 Å². The molecule has 0 N–H and O–H groups in total. The Morgan fingerprint density at radius 2 is 1.63 bits per heavy atom. The van der Waals surface area contributed by atoms with E-state index in [0.717, 1.165) is 5.56 Å². The summed E-state index contributed by atoms with van der Waals surface area (Å²) >= 11 is 0. The zero-order valence-electron chi connectivity index (χ0n) is 27.3. The molecule has 2 aliphatic heterocycles. The van der Waals surface area contributed by atoms with E-state index < -0.39 is 41.0 Å². The number of hydrogen-bond acceptors (Lipinski definition) is 7. The number of rotatable bonds is 7. The van der Waals surface area contributed by atoms with Gasteiger partial charge in [-0.05, 0) is 62.3 Å². The molecule has 1 saturated carbocycles. The fraction of sp³-hybridized carbons (Fsp3) is 0.545. The number of carbonyl (C=O) groups excluding carboxylic acids is 2. The molecular weight excluding hydrogens is 656 g/mol. The van der Waals surface area contributed by atoms with E-state index in [1.54, 1.807) is 45.7 Å². The van der Waals surface area contributed by atoms with Crippen molar-refractivity contribution in [2.75, 3.05) is 31.1 Å². The first kappa shape index (κ1) is 34.5. The Bertz CT molecular complexity index is 1660. The SMILES string of the molecule is CCOC(=O)[C@H]1CCCN(C(=O)N2C[C@@H](N(Cc3cc(C(F)(F)F)cc(C(F)(F)F)c3)c3ncc(-c4cnn(C)c4)cn3)CC23C[C@H]3C)C1. The highest BCUT2D eigenvalue weighted by molar-refractivity contribution is 5.79. The zero-order valence-corrected chi connectivity index (χ0v) is 27.3. The lowest BCUT2D eigenvalue weighted by Crippen LogP contribution is -2.52. The van der Waals surface area contributed by atoms with Crippen molar-refractivity contribution >= 4 is 17.9 Å². The molecule has 3 aliphatic rings. The van der Waals surface area contributed by atoms with Crippen LogP contribution < -0.4 is 4.90 Å². The Kier molecular flexibility index (Phi) is 9.03. The van der Waals surface area contributed by atoms with Crippen LogP contribution in [0.25, 0.3) is 11.1 Å². The average Bonchev–Trinajstić information content (AvgIpc) is 3.33. The van der Waals surface area contributed by atoms with Crippen molar-refractivity contribution in [2.45, 2.75) is 70.0 Å². The van der Waals surface area contributed by atoms with Crippen molar-refractivity contribution in [3.63, 3.8) is 0 Å². The lowest BCUT2D eigenvalue weighted by atomic mass is 9.98. The number of carbonyl (C=O) groups is 2. The van der Waals surface area contributed by atoms with Crippen LogP contribution in [-0.4, -0.2) is 79.4 Å². The standard InChI is InChI=1S/C33H37F6N7O3/c1-4-49-28(47)22-6-5-7-44(18-22)30(48)46-19-27(12-31(46)11-20(31)2)45(29-40-13-23(14-41-29)24-15-42-43(3)17-24)16-21-8-25(32(34,35)36)10-26(9-21)33(37,38)39/h8-10,13-15,17,20,22,27H,4-7,11-12,16,18-19H2,1-3H3/t20-,22+,27+,31?/m1/s1. The van der Waals surface area contributed by atoms with Crippen molar-refractivity contribution < 1.29 is 40.7 Å². The number of esters is 1. The predicted molar refractivity (Wildman–Crippen MR) is 165 cm³/mol. The number of hydrogen-bond donors (Lipinski definition) is 0. The number of likely N-dealkylation sites (tertiary alicyclic amines) is 2. The molecular formula is C33H37F6N7O3. The highest BCUT2D eigenvalue weighted by Gasteiger charge is 2.63. The van der Waals surface area contributed by atoms with Crippen LogP contribution in [0, 0.1) is 11.8 Å². The molecule has 0 bridgehead atoms. The molecule has 264 valence electrons. The summed E-state index contributed by atoms with van der Waals surface area (Å²) in [6.45, 7) is 4.39. The van der Waals surface area contributed by atoms with E-state index in [1.807, 2.05) is 6.92 Å². The van der Waals surface area contributed by atoms with Gasteiger partial charge in [-0.3, -0.25) is 9.48 Å². The second-order valence-electron chi connectivity index (χ2n) is 13.2. The minimum Gasteiger partial charge on any atom is -0.466 e. The molecule has 2 aromatic heterocycles. The zero-order chi connectivity index (χ0) is 35.3. The molecule has 1 aliphatic carbocycles. The molecule has 2 saturated heterocycles. The van der Waals surface area contributed by atoms with Gasteiger partial charge in [0, 0.05) is 68.5 Å². The third-order valence-electron chi connectivity index (χ3n) is 9.85. The normalized spacial score (nSPS) is 24.0. The van der Waals surface area contributed by atoms with Crippen molar-refractivity contribution in [2.24, 2.45) is 18.9 Å². The molecule has 4 heterocycles. The first-order chi connectivity index (χ1) is 23.1. The summed E-state index contributed by atoms with van der Waals surface area (Å²) in [6.07, 6.45) is -1.29. The van der Waals surface area contributed by atoms with Gasteiger partial charge in [0.1, 0.15) is 0 Å². The second kappa shape index (κ2) is 12.8. The van der Waals surface area contributed by atoms with Crippen LogP contribution in [0.3, 0.4) is 0 Å². The minimum absolute atomic E-state index is 0.0988. The highest BCUT2D eigenvalue weighted by atomic mass is 19.4. The van der Waals surface area contributed by atoms with Crippen LogP contribution >= 0.6 is 0 Å². The Morgan fingerprint density at radius 1 is 0.980 bits per heavy atom. The van der Waals surface area contributed by atoms with Gasteiger partial charge in [-0.1, -0.05) is 6.92 Å². The summed E-state index contributed by atoms with van der Waals surface area (Å²) in [5.41, 5.74) is -2.27. The number of piperidine rings is 1. The van der Waals surface area contributed by atoms with E-state index in [1.165, 1.54) is 12.4 Å². The van der Waals surface area contributed by atoms with Crippen LogP contribution in [0.15, 0.2) is 43.0 Å². The van der Waals surface area contributed by atoms with Gasteiger partial charge in [0.05, 0.1) is 35.9 Å². The number of alkyl halides is 6. The average molecular weight is 694 g/mol. The fourth-order valence-electron chi connectivity index (χ4n) is 7.22. The molecule has 0 radical (unpaired) electrons. The Morgan fingerprint density at radius 3 is 2.18 bits per heavy atom. The molecule has 1 unspecified atom stereocenters. The molecule has 49 heavy (non-hydrogen) atoms. The quantitative estimate of drug-likeness (QED) is 0.216. The number of aryl methyl sites for hydroxylation is 1. The Balaban J connectivity index is 1.34. The van der Waals surface area contributed by atoms with E-state index in [2.05, 4.69) is 15.1 Å². The van der Waals surface area contributed by atoms with Gasteiger partial charge >= 0.3 is 24.4 Å². The van der Waals surface area contributed by atoms with Gasteiger partial charge in [-0.2, -0.15) is 31.4 Å². The van der Waals surface area contributed by atoms with Gasteiger partial charge in [0.25, 0.3) is 0 Å². The Hall–Kier alpha value is -4.37. The maximum atomic E-state index is 14.1. The monoisotopic (exact) mass is 693 g/mol. The topological polar surface area (TPSA) is 96.7 Å². The molecule has 16 heteroatoms. The van der Waals surface area contributed by atoms with E-state index in [4.69, 9.17) is 4.74 Å². The third-order valence-corrected chi connectivity index (χ3v) is 9.85. The summed E-state index contributed by atoms with van der Waals surface area (Å²) in [5.74, 6) is -0.600. The molecule has 2 amide bonds. The molecule has 10 nitrogen and oxygen atoms in total. The lowest BCUT2D eigenvalue weighted by Gasteiger charge is -2.37. The number of anilines is 1. The molecule has 3 fully saturated rings. The molecule has 3 aromatic rings. The van der Waals surface area contributed by atoms with Gasteiger partial charge in [-0.15, -0.1) is 0 Å². The smallest absolute Gasteiger partial charge is 0.416 e. The third kappa shape index (κ3) is 7.04. The minimum atomic E-state index is -5.01. The van der Waals surface area contributed by atoms with E-state index in [9.17, 15) is 35.9 Å². The number of benzene rings is 1. The van der Waals surface area contributed by atoms with Crippen molar-refractivity contribution in [1.82, 2.24) is 29.5 Å². The van der Waals surface area contributed by atoms with Crippen LogP contribution in [0.5, 0.6) is 0 Å². The Labute approximate surface area is 279 Å². The molecule has 4 atom stereocenters. The molecule has 6 rings (SSSR count). The van der Waals surface area contributed by atoms with E-state index in [-0.39, 0.29) is 61.7 Å². The summed E-state index contributed by atoms with van der Waals surface area (Å²) in [5, 5.41) is 4.14. The van der Waals surface area contributed by atoms with E-state index >= 15 is 0 Å². The highest BCUT2D eigenvalue weighted by Crippen LogP contribution is 2.56. The second-order valence-corrected chi connectivity index (χ2v) is 13.2. The summed E-state index contributed by atoms with van der Waals surface area (Å²) in [6, 6.07) is 0.734. The number of nitrogens with zero attached hydrogens (tertiary/aromatic N) is 7. The van der Waals surface area contributed by atoms with Crippen molar-refractivity contribution in [1.29, 1.82) is 0 Å². The number of amides is 2. The fourth-order valence-corrected chi connectivity index (χ4v) is 7.22. The summed E-state index contributed by atoms with van der Waals surface area (Å²) < 4.78 is 89.6. The first-order valence-corrected chi connectivity index (χ1v) is 16.2. The number of aromatic nitrogens is 4. The van der Waals surface area contributed by atoms with Gasteiger partial charge in [-0.25, -0.2) is 14.8 Å². The first-order valence-electron chi connectivity index (χ1n) is 16.2. The van der Waals surface area contributed by atoms with Crippen LogP contribution in [0.2, 0.25) is 0 Å². The predicted octanol–water partition coefficient (Wildman–Crippen LogP) is 6.17. The van der Waals surface area contributed by atoms with Crippen molar-refractivity contribution in [3.8, 4) is 11.1 Å². The lowest BCUT2D eigenvalue weighted by molar-refractivity contribution is -0.149. The number of urea groups is 1. The van der Waals surface area contributed by atoms with E-state index in [0.29, 0.717) is 49.9 Å². The van der Waals surface area contributed by atoms with Crippen LogP contribution in [-0.2, 0) is 35.5 Å². The summed E-state index contributed by atoms with van der Waals surface area (Å²) in [4.78, 5) is 40.6. The molecule has 1 spiro atoms. The van der Waals surface area contributed by atoms with Crippen molar-refractivity contribution in [3.05, 3.63) is 59.7 Å². The van der Waals surface area contributed by atoms with Crippen LogP contribution in [0.4, 0.5) is 37.1 Å². The van der Waals surface area contributed by atoms with Gasteiger partial charge in [0.15, 0.2) is 0 Å². The van der Waals surface area contributed by atoms with Crippen LogP contribution in [0.1, 0.15) is 56.2 Å². The number of ether oxygens (including phenoxy) is 1. The maximum Gasteiger partial charge on any atom is 0.416 e. The maximum absolute atomic E-state index is 14.1. The molecule has 1 aromatic carbocycles. The van der Waals surface area contributed by atoms with Gasteiger partial charge in [0.2, 0.25) is 5.95 Å². The number of halogens is 6.